The molecular formula is C25H25N3O5. The van der Waals surface area contributed by atoms with Crippen LogP contribution in [0.2, 0.25) is 0 Å². The van der Waals surface area contributed by atoms with Gasteiger partial charge >= 0.3 is 0 Å². The molecule has 1 atom stereocenters. The second kappa shape index (κ2) is 10.0. The van der Waals surface area contributed by atoms with E-state index in [1.54, 1.807) is 61.8 Å². The van der Waals surface area contributed by atoms with Crippen LogP contribution >= 0.6 is 0 Å². The molecule has 2 aromatic carbocycles. The number of nitrogens with zero attached hydrogens (tertiary/aromatic N) is 2. The number of aromatic nitrogens is 1. The van der Waals surface area contributed by atoms with Crippen molar-refractivity contribution >= 4 is 23.2 Å². The average Bonchev–Trinajstić information content (AvgIpc) is 3.25. The topological polar surface area (TPSA) is 90.0 Å². The number of nitrogens with one attached hydrogen (secondary N) is 1. The normalized spacial score (nSPS) is 15.3. The average molecular weight is 447 g/mol. The van der Waals surface area contributed by atoms with Crippen molar-refractivity contribution in [1.29, 1.82) is 0 Å². The molecule has 1 aromatic heterocycles. The van der Waals surface area contributed by atoms with Crippen LogP contribution in [0.1, 0.15) is 12.0 Å². The minimum absolute atomic E-state index is 0.0866. The molecule has 1 saturated heterocycles. The molecule has 0 saturated carbocycles. The van der Waals surface area contributed by atoms with Gasteiger partial charge in [-0.15, -0.1) is 0 Å². The van der Waals surface area contributed by atoms with Gasteiger partial charge in [-0.1, -0.05) is 0 Å². The summed E-state index contributed by atoms with van der Waals surface area (Å²) in [6.07, 6.45) is 3.55. The summed E-state index contributed by atoms with van der Waals surface area (Å²) in [6, 6.07) is 16.1. The van der Waals surface area contributed by atoms with Crippen LogP contribution in [0.5, 0.6) is 17.2 Å². The number of ether oxygens (including phenoxy) is 3. The molecular weight excluding hydrogens is 422 g/mol. The Balaban J connectivity index is 1.41. The van der Waals surface area contributed by atoms with E-state index in [1.165, 1.54) is 0 Å². The van der Waals surface area contributed by atoms with Crippen molar-refractivity contribution in [3.05, 3.63) is 72.6 Å². The first-order valence-electron chi connectivity index (χ1n) is 10.5. The quantitative estimate of drug-likeness (QED) is 0.567. The summed E-state index contributed by atoms with van der Waals surface area (Å²) in [5.74, 6) is 1.02. The Kier molecular flexibility index (Phi) is 6.73. The smallest absolute Gasteiger partial charge is 0.229 e. The highest BCUT2D eigenvalue weighted by atomic mass is 16.5. The van der Waals surface area contributed by atoms with Gasteiger partial charge in [-0.3, -0.25) is 14.6 Å². The summed E-state index contributed by atoms with van der Waals surface area (Å²) >= 11 is 0. The summed E-state index contributed by atoms with van der Waals surface area (Å²) in [5, 5.41) is 2.90. The first-order valence-corrected chi connectivity index (χ1v) is 10.5. The number of benzene rings is 2. The fourth-order valence-corrected chi connectivity index (χ4v) is 3.65. The third kappa shape index (κ3) is 5.23. The van der Waals surface area contributed by atoms with Crippen LogP contribution in [-0.2, 0) is 16.2 Å². The van der Waals surface area contributed by atoms with Crippen molar-refractivity contribution < 1.29 is 23.8 Å². The van der Waals surface area contributed by atoms with Crippen LogP contribution in [0.3, 0.4) is 0 Å². The van der Waals surface area contributed by atoms with Crippen LogP contribution < -0.4 is 24.4 Å². The lowest BCUT2D eigenvalue weighted by Gasteiger charge is -2.17. The van der Waals surface area contributed by atoms with Gasteiger partial charge in [0.25, 0.3) is 0 Å². The minimum atomic E-state index is -0.456. The van der Waals surface area contributed by atoms with E-state index in [2.05, 4.69) is 10.3 Å². The zero-order chi connectivity index (χ0) is 23.2. The third-order valence-electron chi connectivity index (χ3n) is 5.45. The van der Waals surface area contributed by atoms with Gasteiger partial charge in [-0.2, -0.15) is 0 Å². The van der Waals surface area contributed by atoms with E-state index in [0.29, 0.717) is 36.1 Å². The molecule has 8 nitrogen and oxygen atoms in total. The summed E-state index contributed by atoms with van der Waals surface area (Å²) in [7, 11) is 3.15. The van der Waals surface area contributed by atoms with Gasteiger partial charge in [0.2, 0.25) is 11.8 Å². The lowest BCUT2D eigenvalue weighted by molar-refractivity contribution is -0.122. The summed E-state index contributed by atoms with van der Waals surface area (Å²) in [4.78, 5) is 31.0. The molecule has 1 N–H and O–H groups in total. The highest BCUT2D eigenvalue weighted by molar-refractivity contribution is 6.03. The number of pyridine rings is 1. The summed E-state index contributed by atoms with van der Waals surface area (Å²) < 4.78 is 16.4. The van der Waals surface area contributed by atoms with Gasteiger partial charge in [0, 0.05) is 42.8 Å². The minimum Gasteiger partial charge on any atom is -0.497 e. The fraction of sp³-hybridized carbons (Fsp3) is 0.240. The second-order valence-corrected chi connectivity index (χ2v) is 7.60. The van der Waals surface area contributed by atoms with Crippen molar-refractivity contribution in [2.24, 2.45) is 5.92 Å². The van der Waals surface area contributed by atoms with Crippen molar-refractivity contribution in [3.63, 3.8) is 0 Å². The lowest BCUT2D eigenvalue weighted by atomic mass is 10.1. The maximum absolute atomic E-state index is 12.9. The summed E-state index contributed by atoms with van der Waals surface area (Å²) in [5.41, 5.74) is 2.28. The Morgan fingerprint density at radius 1 is 1.03 bits per heavy atom. The van der Waals surface area contributed by atoms with Crippen molar-refractivity contribution in [2.75, 3.05) is 31.0 Å². The van der Waals surface area contributed by atoms with E-state index in [1.807, 2.05) is 24.3 Å². The highest BCUT2D eigenvalue weighted by Gasteiger charge is 2.35. The maximum atomic E-state index is 12.9. The van der Waals surface area contributed by atoms with Gasteiger partial charge < -0.3 is 24.4 Å². The molecule has 170 valence electrons. The Morgan fingerprint density at radius 2 is 1.79 bits per heavy atom. The number of methoxy groups -OCH3 is 2. The van der Waals surface area contributed by atoms with E-state index < -0.39 is 5.92 Å². The molecule has 1 fully saturated rings. The van der Waals surface area contributed by atoms with E-state index >= 15 is 0 Å². The van der Waals surface area contributed by atoms with E-state index in [9.17, 15) is 9.59 Å². The zero-order valence-corrected chi connectivity index (χ0v) is 18.5. The van der Waals surface area contributed by atoms with Crippen LogP contribution in [-0.4, -0.2) is 37.6 Å². The van der Waals surface area contributed by atoms with Gasteiger partial charge in [0.15, 0.2) is 11.5 Å². The number of hydrogen-bond acceptors (Lipinski definition) is 6. The predicted octanol–water partition coefficient (Wildman–Crippen LogP) is 3.67. The molecule has 1 aliphatic heterocycles. The number of amides is 2. The molecule has 2 amide bonds. The van der Waals surface area contributed by atoms with Gasteiger partial charge in [0.1, 0.15) is 12.4 Å². The van der Waals surface area contributed by atoms with Crippen LogP contribution in [0.4, 0.5) is 11.4 Å². The molecule has 33 heavy (non-hydrogen) atoms. The molecule has 2 heterocycles. The molecule has 0 aliphatic carbocycles. The van der Waals surface area contributed by atoms with Gasteiger partial charge in [-0.05, 0) is 54.1 Å². The molecule has 1 aliphatic rings. The SMILES string of the molecule is COc1ccc(N2CC(C(=O)Nc3ccc(OC)c(OCc4ccncc4)c3)CC2=O)cc1. The maximum Gasteiger partial charge on any atom is 0.229 e. The van der Waals surface area contributed by atoms with E-state index in [0.717, 1.165) is 11.3 Å². The Bertz CT molecular complexity index is 1120. The van der Waals surface area contributed by atoms with Crippen molar-refractivity contribution in [3.8, 4) is 17.2 Å². The Morgan fingerprint density at radius 3 is 2.48 bits per heavy atom. The van der Waals surface area contributed by atoms with Crippen molar-refractivity contribution in [1.82, 2.24) is 4.98 Å². The van der Waals surface area contributed by atoms with E-state index in [4.69, 9.17) is 14.2 Å². The molecule has 1 unspecified atom stereocenters. The highest BCUT2D eigenvalue weighted by Crippen LogP contribution is 2.32. The fourth-order valence-electron chi connectivity index (χ4n) is 3.65. The molecule has 0 bridgehead atoms. The third-order valence-corrected chi connectivity index (χ3v) is 5.45. The number of anilines is 2. The predicted molar refractivity (Wildman–Crippen MR) is 124 cm³/mol. The molecule has 0 spiro atoms. The Hall–Kier alpha value is -4.07. The zero-order valence-electron chi connectivity index (χ0n) is 18.5. The first kappa shape index (κ1) is 22.1. The number of rotatable bonds is 8. The first-order chi connectivity index (χ1) is 16.1. The van der Waals surface area contributed by atoms with Gasteiger partial charge in [0.05, 0.1) is 20.1 Å². The standard InChI is InChI=1S/C25H25N3O5/c1-31-21-6-4-20(5-7-21)28-15-18(13-24(28)29)25(30)27-19-3-8-22(32-2)23(14-19)33-16-17-9-11-26-12-10-17/h3-12,14,18H,13,15-16H2,1-2H3,(H,27,30). The molecule has 4 rings (SSSR count). The lowest BCUT2D eigenvalue weighted by Crippen LogP contribution is -2.28. The van der Waals surface area contributed by atoms with Crippen LogP contribution in [0.15, 0.2) is 67.0 Å². The monoisotopic (exact) mass is 447 g/mol. The van der Waals surface area contributed by atoms with Gasteiger partial charge in [-0.25, -0.2) is 0 Å². The van der Waals surface area contributed by atoms with E-state index in [-0.39, 0.29) is 18.2 Å². The second-order valence-electron chi connectivity index (χ2n) is 7.60. The molecule has 0 radical (unpaired) electrons. The summed E-state index contributed by atoms with van der Waals surface area (Å²) in [6.45, 7) is 0.656. The number of carbonyl (C=O) groups excluding carboxylic acids is 2. The largest absolute Gasteiger partial charge is 0.497 e. The van der Waals surface area contributed by atoms with Crippen molar-refractivity contribution in [2.45, 2.75) is 13.0 Å². The van der Waals surface area contributed by atoms with Crippen LogP contribution in [0.25, 0.3) is 0 Å². The number of carbonyl (C=O) groups is 2. The molecule has 8 heteroatoms. The van der Waals surface area contributed by atoms with Crippen LogP contribution in [0, 0.1) is 5.92 Å². The molecule has 3 aromatic rings. The Labute approximate surface area is 192 Å². The number of hydrogen-bond donors (Lipinski definition) is 1.